The van der Waals surface area contributed by atoms with Crippen molar-refractivity contribution in [1.29, 1.82) is 0 Å². The molecule has 68 valence electrons. The Morgan fingerprint density at radius 2 is 2.42 bits per heavy atom. The zero-order chi connectivity index (χ0) is 9.14. The first-order chi connectivity index (χ1) is 5.65. The number of aromatic nitrogens is 2. The van der Waals surface area contributed by atoms with E-state index in [0.29, 0.717) is 6.42 Å². The maximum Gasteiger partial charge on any atom is 0.0597 e. The highest BCUT2D eigenvalue weighted by molar-refractivity contribution is 5.12. The summed E-state index contributed by atoms with van der Waals surface area (Å²) in [6.07, 6.45) is 0.582. The van der Waals surface area contributed by atoms with E-state index >= 15 is 0 Å². The van der Waals surface area contributed by atoms with Gasteiger partial charge in [0.2, 0.25) is 0 Å². The van der Waals surface area contributed by atoms with Crippen molar-refractivity contribution in [3.8, 4) is 0 Å². The number of rotatable bonds is 3. The summed E-state index contributed by atoms with van der Waals surface area (Å²) in [4.78, 5) is 0. The molecule has 12 heavy (non-hydrogen) atoms. The van der Waals surface area contributed by atoms with Gasteiger partial charge in [-0.2, -0.15) is 5.10 Å². The smallest absolute Gasteiger partial charge is 0.0597 e. The van der Waals surface area contributed by atoms with Gasteiger partial charge in [0.25, 0.3) is 0 Å². The lowest BCUT2D eigenvalue weighted by atomic mass is 10.1. The van der Waals surface area contributed by atoms with Crippen molar-refractivity contribution in [2.75, 3.05) is 6.61 Å². The molecule has 1 rings (SSSR count). The van der Waals surface area contributed by atoms with Crippen molar-refractivity contribution in [3.63, 3.8) is 0 Å². The maximum absolute atomic E-state index is 8.69. The number of hydrogen-bond acceptors (Lipinski definition) is 3. The topological polar surface area (TPSA) is 64.1 Å². The predicted molar refractivity (Wildman–Crippen MR) is 46.6 cm³/mol. The van der Waals surface area contributed by atoms with Crippen molar-refractivity contribution >= 4 is 0 Å². The van der Waals surface area contributed by atoms with Crippen LogP contribution in [0.25, 0.3) is 0 Å². The Bertz CT molecular complexity index is 257. The molecule has 0 radical (unpaired) electrons. The summed E-state index contributed by atoms with van der Waals surface area (Å²) in [6, 6.07) is 1.83. The van der Waals surface area contributed by atoms with E-state index in [2.05, 4.69) is 5.10 Å². The van der Waals surface area contributed by atoms with Crippen LogP contribution in [-0.2, 0) is 7.05 Å². The molecule has 0 saturated carbocycles. The maximum atomic E-state index is 8.69. The van der Waals surface area contributed by atoms with Gasteiger partial charge in [-0.3, -0.25) is 4.68 Å². The molecular formula is C8H15N3O. The molecular weight excluding hydrogens is 154 g/mol. The van der Waals surface area contributed by atoms with E-state index in [1.165, 1.54) is 0 Å². The Balaban J connectivity index is 2.79. The summed E-state index contributed by atoms with van der Waals surface area (Å²) in [7, 11) is 1.86. The summed E-state index contributed by atoms with van der Waals surface area (Å²) >= 11 is 0. The lowest BCUT2D eigenvalue weighted by molar-refractivity contribution is 0.274. The number of hydrogen-bond donors (Lipinski definition) is 2. The lowest BCUT2D eigenvalue weighted by Gasteiger charge is -2.09. The fraction of sp³-hybridized carbons (Fsp3) is 0.625. The minimum Gasteiger partial charge on any atom is -0.396 e. The molecule has 4 heteroatoms. The summed E-state index contributed by atoms with van der Waals surface area (Å²) < 4.78 is 1.76. The van der Waals surface area contributed by atoms with Crippen LogP contribution in [0.1, 0.15) is 23.9 Å². The van der Waals surface area contributed by atoms with E-state index in [9.17, 15) is 0 Å². The van der Waals surface area contributed by atoms with Gasteiger partial charge in [-0.1, -0.05) is 0 Å². The van der Waals surface area contributed by atoms with Crippen LogP contribution in [0.2, 0.25) is 0 Å². The van der Waals surface area contributed by atoms with Gasteiger partial charge in [0.05, 0.1) is 11.4 Å². The van der Waals surface area contributed by atoms with Crippen molar-refractivity contribution in [2.45, 2.75) is 19.4 Å². The van der Waals surface area contributed by atoms with Crippen LogP contribution in [0.3, 0.4) is 0 Å². The third-order valence-corrected chi connectivity index (χ3v) is 1.86. The molecule has 0 spiro atoms. The molecule has 1 atom stereocenters. The number of aliphatic hydroxyl groups is 1. The second-order valence-electron chi connectivity index (χ2n) is 2.95. The number of aryl methyl sites for hydroxylation is 2. The molecule has 0 amide bonds. The quantitative estimate of drug-likeness (QED) is 0.675. The number of nitrogens with two attached hydrogens (primary N) is 1. The molecule has 0 saturated heterocycles. The van der Waals surface area contributed by atoms with E-state index in [1.807, 2.05) is 20.0 Å². The first kappa shape index (κ1) is 9.22. The van der Waals surface area contributed by atoms with E-state index in [1.54, 1.807) is 4.68 Å². The van der Waals surface area contributed by atoms with Gasteiger partial charge in [-0.25, -0.2) is 0 Å². The van der Waals surface area contributed by atoms with Crippen molar-refractivity contribution in [2.24, 2.45) is 12.8 Å². The summed E-state index contributed by atoms with van der Waals surface area (Å²) in [5.41, 5.74) is 7.73. The molecule has 3 N–H and O–H groups in total. The molecule has 1 unspecified atom stereocenters. The van der Waals surface area contributed by atoms with Gasteiger partial charge in [0.15, 0.2) is 0 Å². The highest BCUT2D eigenvalue weighted by Crippen LogP contribution is 2.13. The molecule has 0 aliphatic heterocycles. The van der Waals surface area contributed by atoms with Gasteiger partial charge in [0, 0.05) is 19.7 Å². The average Bonchev–Trinajstić information content (AvgIpc) is 2.30. The zero-order valence-corrected chi connectivity index (χ0v) is 7.49. The van der Waals surface area contributed by atoms with Crippen LogP contribution < -0.4 is 5.73 Å². The van der Waals surface area contributed by atoms with Gasteiger partial charge >= 0.3 is 0 Å². The largest absolute Gasteiger partial charge is 0.396 e. The first-order valence-corrected chi connectivity index (χ1v) is 4.02. The second-order valence-corrected chi connectivity index (χ2v) is 2.95. The van der Waals surface area contributed by atoms with Crippen LogP contribution in [-0.4, -0.2) is 21.5 Å². The molecule has 0 aliphatic rings. The standard InChI is InChI=1S/C8H15N3O/c1-6-5-8(11(2)10-6)7(9)3-4-12/h5,7,12H,3-4,9H2,1-2H3. The van der Waals surface area contributed by atoms with Gasteiger partial charge < -0.3 is 10.8 Å². The molecule has 4 nitrogen and oxygen atoms in total. The van der Waals surface area contributed by atoms with Crippen LogP contribution >= 0.6 is 0 Å². The number of nitrogens with zero attached hydrogens (tertiary/aromatic N) is 2. The minimum absolute atomic E-state index is 0.110. The monoisotopic (exact) mass is 169 g/mol. The van der Waals surface area contributed by atoms with Crippen molar-refractivity contribution in [1.82, 2.24) is 9.78 Å². The Morgan fingerprint density at radius 3 is 2.83 bits per heavy atom. The molecule has 0 aliphatic carbocycles. The number of aliphatic hydroxyl groups excluding tert-OH is 1. The van der Waals surface area contributed by atoms with E-state index < -0.39 is 0 Å². The Kier molecular flexibility index (Phi) is 2.83. The van der Waals surface area contributed by atoms with Crippen LogP contribution in [0, 0.1) is 6.92 Å². The summed E-state index contributed by atoms with van der Waals surface area (Å²) in [5, 5.41) is 12.9. The molecule has 0 aromatic carbocycles. The fourth-order valence-corrected chi connectivity index (χ4v) is 1.26. The Labute approximate surface area is 72.0 Å². The second kappa shape index (κ2) is 3.69. The normalized spacial score (nSPS) is 13.3. The zero-order valence-electron chi connectivity index (χ0n) is 7.49. The van der Waals surface area contributed by atoms with E-state index in [4.69, 9.17) is 10.8 Å². The van der Waals surface area contributed by atoms with E-state index in [0.717, 1.165) is 11.4 Å². The molecule has 0 bridgehead atoms. The van der Waals surface area contributed by atoms with E-state index in [-0.39, 0.29) is 12.6 Å². The highest BCUT2D eigenvalue weighted by Gasteiger charge is 2.10. The lowest BCUT2D eigenvalue weighted by Crippen LogP contribution is -2.15. The van der Waals surface area contributed by atoms with Crippen molar-refractivity contribution < 1.29 is 5.11 Å². The SMILES string of the molecule is Cc1cc(C(N)CCO)n(C)n1. The van der Waals surface area contributed by atoms with Crippen LogP contribution in [0.15, 0.2) is 6.07 Å². The predicted octanol–water partition coefficient (Wildman–Crippen LogP) is 0.111. The van der Waals surface area contributed by atoms with Gasteiger partial charge in [0.1, 0.15) is 0 Å². The summed E-state index contributed by atoms with van der Waals surface area (Å²) in [5.74, 6) is 0. The van der Waals surface area contributed by atoms with Gasteiger partial charge in [-0.15, -0.1) is 0 Å². The molecule has 1 aromatic heterocycles. The Morgan fingerprint density at radius 1 is 1.75 bits per heavy atom. The Hall–Kier alpha value is -0.870. The average molecular weight is 169 g/mol. The summed E-state index contributed by atoms with van der Waals surface area (Å²) in [6.45, 7) is 2.04. The highest BCUT2D eigenvalue weighted by atomic mass is 16.3. The third kappa shape index (κ3) is 1.84. The molecule has 1 heterocycles. The minimum atomic E-state index is -0.110. The third-order valence-electron chi connectivity index (χ3n) is 1.86. The van der Waals surface area contributed by atoms with Gasteiger partial charge in [-0.05, 0) is 19.4 Å². The van der Waals surface area contributed by atoms with Crippen LogP contribution in [0.4, 0.5) is 0 Å². The molecule has 0 fully saturated rings. The first-order valence-electron chi connectivity index (χ1n) is 4.02. The van der Waals surface area contributed by atoms with Crippen LogP contribution in [0.5, 0.6) is 0 Å². The fourth-order valence-electron chi connectivity index (χ4n) is 1.26. The molecule has 1 aromatic rings. The van der Waals surface area contributed by atoms with Crippen molar-refractivity contribution in [3.05, 3.63) is 17.5 Å².